The van der Waals surface area contributed by atoms with Crippen LogP contribution in [0.25, 0.3) is 10.2 Å². The monoisotopic (exact) mass is 296 g/mol. The Hall–Kier alpha value is -1.69. The molecule has 0 radical (unpaired) electrons. The van der Waals surface area contributed by atoms with Gasteiger partial charge in [-0.3, -0.25) is 5.32 Å². The summed E-state index contributed by atoms with van der Waals surface area (Å²) in [5.41, 5.74) is 0.857. The van der Waals surface area contributed by atoms with Crippen LogP contribution < -0.4 is 5.32 Å². The van der Waals surface area contributed by atoms with Crippen molar-refractivity contribution >= 4 is 33.3 Å². The normalized spacial score (nSPS) is 10.8. The highest BCUT2D eigenvalue weighted by Gasteiger charge is 2.15. The number of amides is 1. The van der Waals surface area contributed by atoms with E-state index in [0.29, 0.717) is 10.2 Å². The first-order valence-corrected chi connectivity index (χ1v) is 7.49. The lowest BCUT2D eigenvalue weighted by Gasteiger charge is -2.06. The molecule has 0 aliphatic heterocycles. The number of hydrogen-bond donors (Lipinski definition) is 1. The molecule has 108 valence electrons. The SMILES string of the molecule is CCCCc1nc2ccc(F)c(NC(=O)OCC)c2s1. The minimum atomic E-state index is -0.651. The van der Waals surface area contributed by atoms with E-state index in [1.54, 1.807) is 13.0 Å². The number of carbonyl (C=O) groups excluding carboxylic acids is 1. The highest BCUT2D eigenvalue weighted by molar-refractivity contribution is 7.19. The third-order valence-electron chi connectivity index (χ3n) is 2.80. The van der Waals surface area contributed by atoms with E-state index in [4.69, 9.17) is 4.74 Å². The predicted molar refractivity (Wildman–Crippen MR) is 78.8 cm³/mol. The smallest absolute Gasteiger partial charge is 0.411 e. The maximum absolute atomic E-state index is 13.9. The average molecular weight is 296 g/mol. The van der Waals surface area contributed by atoms with Crippen LogP contribution in [0.4, 0.5) is 14.9 Å². The largest absolute Gasteiger partial charge is 0.450 e. The molecular formula is C14H17FN2O2S. The van der Waals surface area contributed by atoms with Gasteiger partial charge in [0.1, 0.15) is 5.82 Å². The van der Waals surface area contributed by atoms with Gasteiger partial charge in [0.05, 0.1) is 27.5 Å². The zero-order valence-corrected chi connectivity index (χ0v) is 12.3. The molecule has 1 aromatic carbocycles. The van der Waals surface area contributed by atoms with Crippen molar-refractivity contribution in [3.63, 3.8) is 0 Å². The molecule has 1 amide bonds. The summed E-state index contributed by atoms with van der Waals surface area (Å²) >= 11 is 1.42. The van der Waals surface area contributed by atoms with E-state index in [0.717, 1.165) is 24.3 Å². The van der Waals surface area contributed by atoms with Crippen LogP contribution in [0.15, 0.2) is 12.1 Å². The third kappa shape index (κ3) is 3.25. The van der Waals surface area contributed by atoms with E-state index < -0.39 is 11.9 Å². The second kappa shape index (κ2) is 6.65. The minimum absolute atomic E-state index is 0.154. The van der Waals surface area contributed by atoms with Crippen molar-refractivity contribution in [2.75, 3.05) is 11.9 Å². The van der Waals surface area contributed by atoms with Crippen LogP contribution in [0.1, 0.15) is 31.7 Å². The summed E-state index contributed by atoms with van der Waals surface area (Å²) in [6, 6.07) is 2.94. The van der Waals surface area contributed by atoms with Gasteiger partial charge >= 0.3 is 6.09 Å². The summed E-state index contributed by atoms with van der Waals surface area (Å²) in [7, 11) is 0. The molecule has 6 heteroatoms. The minimum Gasteiger partial charge on any atom is -0.450 e. The molecule has 0 aliphatic rings. The highest BCUT2D eigenvalue weighted by atomic mass is 32.1. The first kappa shape index (κ1) is 14.7. The van der Waals surface area contributed by atoms with Gasteiger partial charge in [-0.25, -0.2) is 14.2 Å². The second-order valence-electron chi connectivity index (χ2n) is 4.33. The van der Waals surface area contributed by atoms with Crippen molar-refractivity contribution in [1.29, 1.82) is 0 Å². The molecule has 20 heavy (non-hydrogen) atoms. The van der Waals surface area contributed by atoms with Crippen LogP contribution in [0, 0.1) is 5.82 Å². The number of anilines is 1. The molecule has 0 unspecified atom stereocenters. The van der Waals surface area contributed by atoms with Gasteiger partial charge in [-0.2, -0.15) is 0 Å². The summed E-state index contributed by atoms with van der Waals surface area (Å²) < 4.78 is 19.3. The van der Waals surface area contributed by atoms with Gasteiger partial charge in [0.15, 0.2) is 0 Å². The number of benzene rings is 1. The van der Waals surface area contributed by atoms with E-state index in [1.165, 1.54) is 17.4 Å². The first-order chi connectivity index (χ1) is 9.65. The Balaban J connectivity index is 2.33. The first-order valence-electron chi connectivity index (χ1n) is 6.67. The van der Waals surface area contributed by atoms with Gasteiger partial charge in [-0.05, 0) is 31.9 Å². The van der Waals surface area contributed by atoms with Gasteiger partial charge in [0.2, 0.25) is 0 Å². The molecule has 0 aliphatic carbocycles. The maximum atomic E-state index is 13.9. The van der Waals surface area contributed by atoms with Crippen LogP contribution in [0.2, 0.25) is 0 Å². The number of hydrogen-bond acceptors (Lipinski definition) is 4. The van der Waals surface area contributed by atoms with Crippen molar-refractivity contribution < 1.29 is 13.9 Å². The fourth-order valence-corrected chi connectivity index (χ4v) is 2.93. The Bertz CT molecular complexity index is 612. The van der Waals surface area contributed by atoms with Gasteiger partial charge in [0.25, 0.3) is 0 Å². The van der Waals surface area contributed by atoms with Crippen molar-refractivity contribution in [2.45, 2.75) is 33.1 Å². The number of nitrogens with one attached hydrogen (secondary N) is 1. The molecule has 0 spiro atoms. The molecule has 1 N–H and O–H groups in total. The molecular weight excluding hydrogens is 279 g/mol. The third-order valence-corrected chi connectivity index (χ3v) is 3.95. The van der Waals surface area contributed by atoms with Crippen LogP contribution in [-0.2, 0) is 11.2 Å². The Morgan fingerprint density at radius 1 is 1.45 bits per heavy atom. The van der Waals surface area contributed by atoms with E-state index >= 15 is 0 Å². The summed E-state index contributed by atoms with van der Waals surface area (Å²) in [5.74, 6) is -0.476. The number of ether oxygens (including phenoxy) is 1. The number of aryl methyl sites for hydroxylation is 1. The molecule has 2 rings (SSSR count). The molecule has 0 saturated heterocycles. The Morgan fingerprint density at radius 2 is 2.25 bits per heavy atom. The van der Waals surface area contributed by atoms with Crippen molar-refractivity contribution in [3.8, 4) is 0 Å². The topological polar surface area (TPSA) is 51.2 Å². The standard InChI is InChI=1S/C14H17FN2O2S/c1-3-5-6-11-16-10-8-7-9(15)12(13(10)20-11)17-14(18)19-4-2/h7-8H,3-6H2,1-2H3,(H,17,18). The van der Waals surface area contributed by atoms with Gasteiger partial charge < -0.3 is 4.74 Å². The van der Waals surface area contributed by atoms with Crippen molar-refractivity contribution in [1.82, 2.24) is 4.98 Å². The van der Waals surface area contributed by atoms with Gasteiger partial charge in [-0.1, -0.05) is 13.3 Å². The van der Waals surface area contributed by atoms with E-state index in [-0.39, 0.29) is 12.3 Å². The number of fused-ring (bicyclic) bond motifs is 1. The second-order valence-corrected chi connectivity index (χ2v) is 5.41. The summed E-state index contributed by atoms with van der Waals surface area (Å²) in [4.78, 5) is 15.9. The van der Waals surface area contributed by atoms with Gasteiger partial charge in [-0.15, -0.1) is 11.3 Å². The Kier molecular flexibility index (Phi) is 4.89. The summed E-state index contributed by atoms with van der Waals surface area (Å²) in [5, 5.41) is 3.42. The van der Waals surface area contributed by atoms with Crippen molar-refractivity contribution in [2.24, 2.45) is 0 Å². The number of halogens is 1. The number of unbranched alkanes of at least 4 members (excludes halogenated alkanes) is 1. The highest BCUT2D eigenvalue weighted by Crippen LogP contribution is 2.32. The average Bonchev–Trinajstić information content (AvgIpc) is 2.83. The van der Waals surface area contributed by atoms with E-state index in [9.17, 15) is 9.18 Å². The summed E-state index contributed by atoms with van der Waals surface area (Å²) in [6.07, 6.45) is 2.35. The molecule has 0 atom stereocenters. The fraction of sp³-hybridized carbons (Fsp3) is 0.429. The van der Waals surface area contributed by atoms with Gasteiger partial charge in [0, 0.05) is 0 Å². The molecule has 1 heterocycles. The lowest BCUT2D eigenvalue weighted by Crippen LogP contribution is -2.14. The molecule has 0 fully saturated rings. The number of rotatable bonds is 5. The lowest BCUT2D eigenvalue weighted by molar-refractivity contribution is 0.168. The number of aromatic nitrogens is 1. The van der Waals surface area contributed by atoms with E-state index in [1.807, 2.05) is 0 Å². The quantitative estimate of drug-likeness (QED) is 0.892. The molecule has 0 bridgehead atoms. The number of thiazole rings is 1. The molecule has 1 aromatic heterocycles. The molecule has 4 nitrogen and oxygen atoms in total. The van der Waals surface area contributed by atoms with Crippen LogP contribution >= 0.6 is 11.3 Å². The van der Waals surface area contributed by atoms with Crippen LogP contribution in [0.3, 0.4) is 0 Å². The molecule has 0 saturated carbocycles. The zero-order chi connectivity index (χ0) is 14.5. The van der Waals surface area contributed by atoms with E-state index in [2.05, 4.69) is 17.2 Å². The number of nitrogens with zero attached hydrogens (tertiary/aromatic N) is 1. The Labute approximate surface area is 121 Å². The summed E-state index contributed by atoms with van der Waals surface area (Å²) in [6.45, 7) is 4.06. The molecule has 2 aromatic rings. The fourth-order valence-electron chi connectivity index (χ4n) is 1.83. The number of carbonyl (C=O) groups is 1. The van der Waals surface area contributed by atoms with Crippen molar-refractivity contribution in [3.05, 3.63) is 23.0 Å². The van der Waals surface area contributed by atoms with Crippen LogP contribution in [-0.4, -0.2) is 17.7 Å². The zero-order valence-electron chi connectivity index (χ0n) is 11.5. The maximum Gasteiger partial charge on any atom is 0.411 e. The lowest BCUT2D eigenvalue weighted by atomic mass is 10.2. The van der Waals surface area contributed by atoms with Crippen LogP contribution in [0.5, 0.6) is 0 Å². The predicted octanol–water partition coefficient (Wildman–Crippen LogP) is 4.35. The Morgan fingerprint density at radius 3 is 2.95 bits per heavy atom.